The molecule has 0 bridgehead atoms. The van der Waals surface area contributed by atoms with Crippen molar-refractivity contribution in [3.05, 3.63) is 35.9 Å². The number of aryl methyl sites for hydroxylation is 1. The van der Waals surface area contributed by atoms with Crippen LogP contribution in [0.1, 0.15) is 18.4 Å². The monoisotopic (exact) mass is 246 g/mol. The molecule has 0 amide bonds. The van der Waals surface area contributed by atoms with E-state index in [1.54, 1.807) is 13.4 Å². The summed E-state index contributed by atoms with van der Waals surface area (Å²) in [6.45, 7) is 2.65. The molecule has 18 heavy (non-hydrogen) atoms. The first-order valence-electron chi connectivity index (χ1n) is 6.10. The lowest BCUT2D eigenvalue weighted by Gasteiger charge is -2.07. The van der Waals surface area contributed by atoms with Crippen molar-refractivity contribution in [3.63, 3.8) is 0 Å². The topological polar surface area (TPSA) is 61.3 Å². The number of nitrogens with zero attached hydrogens (tertiary/aromatic N) is 1. The van der Waals surface area contributed by atoms with Crippen LogP contribution in [0.3, 0.4) is 0 Å². The summed E-state index contributed by atoms with van der Waals surface area (Å²) in [5.74, 6) is 1.47. The second-order valence-electron chi connectivity index (χ2n) is 4.05. The highest BCUT2D eigenvalue weighted by atomic mass is 16.5. The van der Waals surface area contributed by atoms with E-state index in [-0.39, 0.29) is 0 Å². The summed E-state index contributed by atoms with van der Waals surface area (Å²) in [6, 6.07) is 6.11. The molecule has 0 spiro atoms. The predicted octanol–water partition coefficient (Wildman–Crippen LogP) is 2.41. The molecule has 0 aliphatic carbocycles. The molecule has 2 rings (SSSR count). The number of nitrogens with two attached hydrogens (primary N) is 1. The fourth-order valence-electron chi connectivity index (χ4n) is 1.85. The Kier molecular flexibility index (Phi) is 3.99. The van der Waals surface area contributed by atoms with Gasteiger partial charge in [-0.25, -0.2) is 4.98 Å². The Labute approximate surface area is 107 Å². The molecule has 2 aromatic rings. The van der Waals surface area contributed by atoms with Crippen LogP contribution < -0.4 is 10.5 Å². The normalized spacial score (nSPS) is 10.6. The van der Waals surface area contributed by atoms with Gasteiger partial charge in [0.2, 0.25) is 0 Å². The van der Waals surface area contributed by atoms with Crippen molar-refractivity contribution < 1.29 is 9.15 Å². The minimum atomic E-state index is 0.534. The summed E-state index contributed by atoms with van der Waals surface area (Å²) in [7, 11) is 1.66. The summed E-state index contributed by atoms with van der Waals surface area (Å²) in [4.78, 5) is 4.43. The van der Waals surface area contributed by atoms with Gasteiger partial charge in [-0.05, 0) is 24.1 Å². The Morgan fingerprint density at radius 1 is 1.39 bits per heavy atom. The molecule has 1 heterocycles. The minimum Gasteiger partial charge on any atom is -0.496 e. The van der Waals surface area contributed by atoms with E-state index in [1.165, 1.54) is 5.56 Å². The van der Waals surface area contributed by atoms with Gasteiger partial charge < -0.3 is 14.9 Å². The van der Waals surface area contributed by atoms with Crippen molar-refractivity contribution in [2.45, 2.75) is 19.8 Å². The van der Waals surface area contributed by atoms with E-state index in [1.807, 2.05) is 6.07 Å². The summed E-state index contributed by atoms with van der Waals surface area (Å²) >= 11 is 0. The van der Waals surface area contributed by atoms with Crippen molar-refractivity contribution in [1.29, 1.82) is 0 Å². The molecule has 96 valence electrons. The molecule has 1 aromatic heterocycles. The van der Waals surface area contributed by atoms with Gasteiger partial charge in [-0.3, -0.25) is 0 Å². The molecule has 0 atom stereocenters. The van der Waals surface area contributed by atoms with E-state index in [2.05, 4.69) is 24.0 Å². The molecule has 0 unspecified atom stereocenters. The van der Waals surface area contributed by atoms with Crippen LogP contribution in [-0.2, 0) is 12.8 Å². The fourth-order valence-corrected chi connectivity index (χ4v) is 1.85. The average molecular weight is 246 g/mol. The number of aromatic nitrogens is 1. The zero-order valence-electron chi connectivity index (χ0n) is 10.8. The van der Waals surface area contributed by atoms with E-state index < -0.39 is 0 Å². The van der Waals surface area contributed by atoms with Gasteiger partial charge >= 0.3 is 0 Å². The van der Waals surface area contributed by atoms with Crippen molar-refractivity contribution in [2.24, 2.45) is 5.73 Å². The Morgan fingerprint density at radius 3 is 2.89 bits per heavy atom. The minimum absolute atomic E-state index is 0.534. The second kappa shape index (κ2) is 5.69. The van der Waals surface area contributed by atoms with E-state index in [9.17, 15) is 0 Å². The van der Waals surface area contributed by atoms with Gasteiger partial charge in [0.25, 0.3) is 0 Å². The van der Waals surface area contributed by atoms with Crippen molar-refractivity contribution >= 4 is 0 Å². The maximum Gasteiger partial charge on any atom is 0.195 e. The predicted molar refractivity (Wildman–Crippen MR) is 70.6 cm³/mol. The van der Waals surface area contributed by atoms with E-state index >= 15 is 0 Å². The average Bonchev–Trinajstić information content (AvgIpc) is 2.87. The van der Waals surface area contributed by atoms with E-state index in [0.717, 1.165) is 23.4 Å². The number of methoxy groups -OCH3 is 1. The summed E-state index contributed by atoms with van der Waals surface area (Å²) in [5, 5.41) is 0. The fraction of sp³-hybridized carbons (Fsp3) is 0.357. The molecule has 1 aromatic carbocycles. The molecule has 0 aliphatic rings. The Bertz CT molecular complexity index is 520. The van der Waals surface area contributed by atoms with Crippen molar-refractivity contribution in [3.8, 4) is 17.0 Å². The molecule has 0 saturated carbocycles. The van der Waals surface area contributed by atoms with Crippen LogP contribution in [0, 0.1) is 0 Å². The Morgan fingerprint density at radius 2 is 2.22 bits per heavy atom. The van der Waals surface area contributed by atoms with Gasteiger partial charge in [-0.2, -0.15) is 0 Å². The summed E-state index contributed by atoms with van der Waals surface area (Å²) in [5.41, 5.74) is 8.49. The van der Waals surface area contributed by atoms with Crippen molar-refractivity contribution in [1.82, 2.24) is 4.98 Å². The maximum atomic E-state index is 5.49. The maximum absolute atomic E-state index is 5.49. The number of hydrogen-bond acceptors (Lipinski definition) is 4. The van der Waals surface area contributed by atoms with Crippen LogP contribution in [0.4, 0.5) is 0 Å². The molecular formula is C14H18N2O2. The number of oxazole rings is 1. The number of rotatable bonds is 5. The van der Waals surface area contributed by atoms with Crippen LogP contribution in [0.15, 0.2) is 28.9 Å². The molecule has 0 fully saturated rings. The lowest BCUT2D eigenvalue weighted by atomic mass is 10.1. The first-order valence-corrected chi connectivity index (χ1v) is 6.10. The number of benzene rings is 1. The smallest absolute Gasteiger partial charge is 0.195 e. The zero-order valence-corrected chi connectivity index (χ0v) is 10.8. The lowest BCUT2D eigenvalue weighted by molar-refractivity contribution is 0.416. The Hall–Kier alpha value is -1.81. The largest absolute Gasteiger partial charge is 0.496 e. The standard InChI is InChI=1S/C14H18N2O2/c1-3-10-4-5-13(17-2)11(8-10)12-9-18-14(16-12)6-7-15/h4-5,8-9H,3,6-7,15H2,1-2H3. The lowest BCUT2D eigenvalue weighted by Crippen LogP contribution is -2.02. The molecular weight excluding hydrogens is 228 g/mol. The zero-order chi connectivity index (χ0) is 13.0. The van der Waals surface area contributed by atoms with E-state index in [4.69, 9.17) is 14.9 Å². The summed E-state index contributed by atoms with van der Waals surface area (Å²) in [6.07, 6.45) is 3.28. The first kappa shape index (κ1) is 12.6. The number of ether oxygens (including phenoxy) is 1. The highest BCUT2D eigenvalue weighted by Gasteiger charge is 2.11. The van der Waals surface area contributed by atoms with Crippen LogP contribution in [0.25, 0.3) is 11.3 Å². The van der Waals surface area contributed by atoms with Gasteiger partial charge in [0.15, 0.2) is 5.89 Å². The third-order valence-corrected chi connectivity index (χ3v) is 2.86. The second-order valence-corrected chi connectivity index (χ2v) is 4.05. The van der Waals surface area contributed by atoms with Crippen LogP contribution in [0.2, 0.25) is 0 Å². The van der Waals surface area contributed by atoms with Gasteiger partial charge in [-0.15, -0.1) is 0 Å². The molecule has 4 heteroatoms. The quantitative estimate of drug-likeness (QED) is 0.880. The molecule has 0 radical (unpaired) electrons. The third-order valence-electron chi connectivity index (χ3n) is 2.86. The van der Waals surface area contributed by atoms with Gasteiger partial charge in [0.1, 0.15) is 17.7 Å². The third kappa shape index (κ3) is 2.54. The van der Waals surface area contributed by atoms with Crippen LogP contribution in [0.5, 0.6) is 5.75 Å². The summed E-state index contributed by atoms with van der Waals surface area (Å²) < 4.78 is 10.7. The molecule has 0 aliphatic heterocycles. The SMILES string of the molecule is CCc1ccc(OC)c(-c2coc(CCN)n2)c1. The van der Waals surface area contributed by atoms with Gasteiger partial charge in [0, 0.05) is 18.5 Å². The molecule has 4 nitrogen and oxygen atoms in total. The van der Waals surface area contributed by atoms with Gasteiger partial charge in [-0.1, -0.05) is 13.0 Å². The van der Waals surface area contributed by atoms with Crippen LogP contribution >= 0.6 is 0 Å². The molecule has 0 saturated heterocycles. The van der Waals surface area contributed by atoms with E-state index in [0.29, 0.717) is 18.9 Å². The van der Waals surface area contributed by atoms with Crippen molar-refractivity contribution in [2.75, 3.05) is 13.7 Å². The highest BCUT2D eigenvalue weighted by Crippen LogP contribution is 2.30. The number of hydrogen-bond donors (Lipinski definition) is 1. The Balaban J connectivity index is 2.40. The molecule has 2 N–H and O–H groups in total. The first-order chi connectivity index (χ1) is 8.78. The van der Waals surface area contributed by atoms with Crippen LogP contribution in [-0.4, -0.2) is 18.6 Å². The van der Waals surface area contributed by atoms with Gasteiger partial charge in [0.05, 0.1) is 7.11 Å². The highest BCUT2D eigenvalue weighted by molar-refractivity contribution is 5.67.